The van der Waals surface area contributed by atoms with Crippen LogP contribution in [0.25, 0.3) is 11.3 Å². The summed E-state index contributed by atoms with van der Waals surface area (Å²) in [5.74, 6) is -2.01. The average molecular weight is 772 g/mol. The van der Waals surface area contributed by atoms with E-state index in [9.17, 15) is 23.8 Å². The van der Waals surface area contributed by atoms with Gasteiger partial charge in [0.2, 0.25) is 13.6 Å². The Labute approximate surface area is 306 Å². The third-order valence-electron chi connectivity index (χ3n) is 6.31. The van der Waals surface area contributed by atoms with Crippen LogP contribution < -0.4 is 34.4 Å². The quantitative estimate of drug-likeness (QED) is 0.127. The van der Waals surface area contributed by atoms with E-state index < -0.39 is 61.1 Å². The number of alkyl halides is 2. The topological polar surface area (TPSA) is 154 Å². The van der Waals surface area contributed by atoms with Crippen LogP contribution in [0.5, 0.6) is 0 Å². The molecule has 0 fully saturated rings. The van der Waals surface area contributed by atoms with Crippen molar-refractivity contribution in [3.63, 3.8) is 0 Å². The molecule has 1 heterocycles. The van der Waals surface area contributed by atoms with Crippen LogP contribution in [0.1, 0.15) is 64.5 Å². The number of benzene rings is 2. The number of nitrogens with zero attached hydrogens (tertiary/aromatic N) is 1. The van der Waals surface area contributed by atoms with Gasteiger partial charge in [-0.1, -0.05) is 40.2 Å². The second-order valence-corrected chi connectivity index (χ2v) is 15.7. The van der Waals surface area contributed by atoms with Crippen LogP contribution in [0.2, 0.25) is 0 Å². The normalized spacial score (nSPS) is 13.2. The van der Waals surface area contributed by atoms with E-state index in [-0.39, 0.29) is 52.4 Å². The number of carbonyl (C=O) groups is 3. The molecule has 2 aromatic carbocycles. The largest absolute Gasteiger partial charge is 1.00 e. The number of rotatable bonds is 11. The summed E-state index contributed by atoms with van der Waals surface area (Å²) in [5, 5.41) is 10.1. The SMILES string of the molecule is CC(C)(C)C(=O)OCOC(=O)c1ccc(-c2csc(=N)n2Cc2ccc(C(F)(F)P(=O)(O)OCOC(=O)C(C)(C)C)c(Br)c2)cc1.[H-].[Na+]. The molecule has 3 rings (SSSR count). The Kier molecular flexibility index (Phi) is 13.9. The van der Waals surface area contributed by atoms with E-state index in [1.54, 1.807) is 42.9 Å². The van der Waals surface area contributed by atoms with Gasteiger partial charge in [-0.2, -0.15) is 8.78 Å². The van der Waals surface area contributed by atoms with Crippen molar-refractivity contribution in [2.24, 2.45) is 10.8 Å². The van der Waals surface area contributed by atoms with Crippen LogP contribution >= 0.6 is 34.9 Å². The van der Waals surface area contributed by atoms with Gasteiger partial charge in [-0.3, -0.25) is 24.1 Å². The number of nitrogens with one attached hydrogen (secondary N) is 1. The van der Waals surface area contributed by atoms with Gasteiger partial charge >= 0.3 is 60.7 Å². The van der Waals surface area contributed by atoms with Crippen molar-refractivity contribution in [2.75, 3.05) is 13.6 Å². The first kappa shape index (κ1) is 40.9. The van der Waals surface area contributed by atoms with Gasteiger partial charge in [0.05, 0.1) is 28.6 Å². The third kappa shape index (κ3) is 10.4. The Morgan fingerprint density at radius 3 is 2.04 bits per heavy atom. The van der Waals surface area contributed by atoms with Crippen LogP contribution in [-0.2, 0) is 45.1 Å². The number of ether oxygens (including phenoxy) is 3. The maximum absolute atomic E-state index is 15.2. The summed E-state index contributed by atoms with van der Waals surface area (Å²) in [5.41, 5.74) is -4.92. The van der Waals surface area contributed by atoms with Gasteiger partial charge in [0.1, 0.15) is 0 Å². The summed E-state index contributed by atoms with van der Waals surface area (Å²) < 4.78 is 63.3. The summed E-state index contributed by atoms with van der Waals surface area (Å²) >= 11 is 4.19. The van der Waals surface area contributed by atoms with E-state index in [0.717, 1.165) is 17.4 Å². The Morgan fingerprint density at radius 1 is 0.957 bits per heavy atom. The molecule has 47 heavy (non-hydrogen) atoms. The first-order chi connectivity index (χ1) is 21.1. The van der Waals surface area contributed by atoms with Gasteiger partial charge in [-0.15, -0.1) is 11.3 Å². The van der Waals surface area contributed by atoms with Crippen molar-refractivity contribution in [3.8, 4) is 11.3 Å². The molecule has 1 unspecified atom stereocenters. The van der Waals surface area contributed by atoms with Gasteiger partial charge in [-0.05, 0) is 70.9 Å². The Balaban J connectivity index is 0.00000576. The van der Waals surface area contributed by atoms with Crippen molar-refractivity contribution in [3.05, 3.63) is 73.8 Å². The van der Waals surface area contributed by atoms with Crippen molar-refractivity contribution < 1.29 is 82.3 Å². The number of carbonyl (C=O) groups excluding carboxylic acids is 3. The fourth-order valence-corrected chi connectivity index (χ4v) is 6.09. The number of thiazole rings is 1. The first-order valence-electron chi connectivity index (χ1n) is 13.6. The van der Waals surface area contributed by atoms with E-state index in [1.165, 1.54) is 45.0 Å². The maximum atomic E-state index is 15.2. The fourth-order valence-electron chi connectivity index (χ4n) is 3.63. The van der Waals surface area contributed by atoms with Gasteiger partial charge in [0.25, 0.3) is 0 Å². The summed E-state index contributed by atoms with van der Waals surface area (Å²) in [6.07, 6.45) is 0. The molecule has 0 aliphatic rings. The van der Waals surface area contributed by atoms with Gasteiger partial charge in [0.15, 0.2) is 4.80 Å². The Morgan fingerprint density at radius 2 is 1.51 bits per heavy atom. The zero-order chi connectivity index (χ0) is 34.7. The fraction of sp³-hybridized carbons (Fsp3) is 0.400. The zero-order valence-corrected chi connectivity index (χ0v) is 32.2. The molecule has 0 radical (unpaired) electrons. The molecule has 11 nitrogen and oxygen atoms in total. The number of esters is 3. The molecule has 17 heteroatoms. The molecule has 0 bridgehead atoms. The molecule has 2 N–H and O–H groups in total. The predicted molar refractivity (Wildman–Crippen MR) is 169 cm³/mol. The number of hydrogen-bond donors (Lipinski definition) is 2. The predicted octanol–water partition coefficient (Wildman–Crippen LogP) is 4.13. The number of hydrogen-bond acceptors (Lipinski definition) is 10. The minimum atomic E-state index is -5.64. The second-order valence-electron chi connectivity index (χ2n) is 12.1. The van der Waals surface area contributed by atoms with E-state index in [1.807, 2.05) is 0 Å². The standard InChI is InChI=1S/C30H34BrF2N2O9PS.Na.H/c1-28(2,3)25(37)42-16-41-24(36)20-10-8-19(9-11-20)23-15-46-27(34)35(23)14-18-7-12-21(22(31)13-18)30(32,33)45(39,40)44-17-43-26(38)29(4,5)6;;/h7-13,15,34H,14,16-17H2,1-6H3,(H,39,40);;/q;+1;-1. The van der Waals surface area contributed by atoms with E-state index >= 15 is 8.78 Å². The molecule has 252 valence electrons. The zero-order valence-electron chi connectivity index (χ0n) is 27.9. The third-order valence-corrected chi connectivity index (χ3v) is 9.16. The molecule has 0 saturated carbocycles. The molecule has 1 atom stereocenters. The minimum absolute atomic E-state index is 0. The molecular formula is C30H35BrF2N2NaO9PS. The van der Waals surface area contributed by atoms with Gasteiger partial charge in [-0.25, -0.2) is 4.79 Å². The summed E-state index contributed by atoms with van der Waals surface area (Å²) in [7, 11) is -5.64. The van der Waals surface area contributed by atoms with Crippen LogP contribution in [0.4, 0.5) is 8.78 Å². The molecule has 0 spiro atoms. The van der Waals surface area contributed by atoms with Crippen LogP contribution in [0.15, 0.2) is 52.3 Å². The molecule has 1 aromatic heterocycles. The summed E-state index contributed by atoms with van der Waals surface area (Å²) in [6, 6.07) is 9.96. The molecular weight excluding hydrogens is 736 g/mol. The van der Waals surface area contributed by atoms with Crippen LogP contribution in [-0.4, -0.2) is 41.0 Å². The number of aromatic nitrogens is 1. The Bertz CT molecular complexity index is 1720. The molecule has 0 aliphatic heterocycles. The van der Waals surface area contributed by atoms with Crippen molar-refractivity contribution >= 4 is 52.8 Å². The molecule has 3 aromatic rings. The van der Waals surface area contributed by atoms with E-state index in [2.05, 4.69) is 20.5 Å². The molecule has 0 aliphatic carbocycles. The number of halogens is 3. The van der Waals surface area contributed by atoms with Crippen molar-refractivity contribution in [1.29, 1.82) is 5.41 Å². The maximum Gasteiger partial charge on any atom is 1.00 e. The van der Waals surface area contributed by atoms with Crippen molar-refractivity contribution in [1.82, 2.24) is 4.57 Å². The Hall–Kier alpha value is -2.23. The van der Waals surface area contributed by atoms with Crippen LogP contribution in [0, 0.1) is 16.2 Å². The minimum Gasteiger partial charge on any atom is -1.00 e. The van der Waals surface area contributed by atoms with Crippen molar-refractivity contribution in [2.45, 2.75) is 53.8 Å². The summed E-state index contributed by atoms with van der Waals surface area (Å²) in [6.45, 7) is 8.01. The second kappa shape index (κ2) is 16.0. The molecule has 0 amide bonds. The van der Waals surface area contributed by atoms with Crippen LogP contribution in [0.3, 0.4) is 0 Å². The van der Waals surface area contributed by atoms with E-state index in [0.29, 0.717) is 16.8 Å². The first-order valence-corrected chi connectivity index (χ1v) is 16.9. The molecule has 0 saturated heterocycles. The monoisotopic (exact) mass is 770 g/mol. The smallest absolute Gasteiger partial charge is 1.00 e. The van der Waals surface area contributed by atoms with Gasteiger partial charge < -0.3 is 25.1 Å². The summed E-state index contributed by atoms with van der Waals surface area (Å²) in [4.78, 5) is 46.3. The average Bonchev–Trinajstić information content (AvgIpc) is 3.31. The van der Waals surface area contributed by atoms with E-state index in [4.69, 9.17) is 19.6 Å². The van der Waals surface area contributed by atoms with Gasteiger partial charge in [0, 0.05) is 15.4 Å².